The average molecular weight is 235 g/mol. The molecule has 0 saturated carbocycles. The molecule has 2 unspecified atom stereocenters. The molecule has 3 heteroatoms. The van der Waals surface area contributed by atoms with Gasteiger partial charge >= 0.3 is 0 Å². The fourth-order valence-electron chi connectivity index (χ4n) is 2.61. The minimum absolute atomic E-state index is 0.161. The SMILES string of the molecule is CCC(C)(C)n1cncc1C1CCCC(C)N1. The zero-order valence-corrected chi connectivity index (χ0v) is 11.5. The molecule has 1 aromatic heterocycles. The van der Waals surface area contributed by atoms with Crippen molar-refractivity contribution < 1.29 is 0 Å². The van der Waals surface area contributed by atoms with Gasteiger partial charge in [-0.15, -0.1) is 0 Å². The van der Waals surface area contributed by atoms with Gasteiger partial charge in [0.2, 0.25) is 0 Å². The number of hydrogen-bond acceptors (Lipinski definition) is 2. The highest BCUT2D eigenvalue weighted by Crippen LogP contribution is 2.29. The van der Waals surface area contributed by atoms with Gasteiger partial charge in [0.15, 0.2) is 0 Å². The maximum atomic E-state index is 4.36. The first-order valence-electron chi connectivity index (χ1n) is 6.83. The predicted octanol–water partition coefficient (Wildman–Crippen LogP) is 3.23. The molecule has 0 radical (unpaired) electrons. The first-order chi connectivity index (χ1) is 8.04. The van der Waals surface area contributed by atoms with Crippen molar-refractivity contribution in [3.63, 3.8) is 0 Å². The summed E-state index contributed by atoms with van der Waals surface area (Å²) in [5, 5.41) is 3.69. The lowest BCUT2D eigenvalue weighted by atomic mass is 9.95. The average Bonchev–Trinajstić information content (AvgIpc) is 2.78. The van der Waals surface area contributed by atoms with Gasteiger partial charge in [-0.05, 0) is 46.5 Å². The van der Waals surface area contributed by atoms with Crippen LogP contribution in [0.3, 0.4) is 0 Å². The molecule has 0 bridgehead atoms. The molecule has 1 N–H and O–H groups in total. The lowest BCUT2D eigenvalue weighted by molar-refractivity contribution is 0.286. The van der Waals surface area contributed by atoms with E-state index in [4.69, 9.17) is 0 Å². The normalized spacial score (nSPS) is 26.1. The van der Waals surface area contributed by atoms with Crippen molar-refractivity contribution in [2.75, 3.05) is 0 Å². The van der Waals surface area contributed by atoms with Crippen LogP contribution in [0.25, 0.3) is 0 Å². The quantitative estimate of drug-likeness (QED) is 0.871. The Kier molecular flexibility index (Phi) is 3.57. The summed E-state index contributed by atoms with van der Waals surface area (Å²) in [7, 11) is 0. The Morgan fingerprint density at radius 3 is 2.88 bits per heavy atom. The molecule has 3 nitrogen and oxygen atoms in total. The number of piperidine rings is 1. The molecule has 0 aliphatic carbocycles. The number of aromatic nitrogens is 2. The van der Waals surface area contributed by atoms with Gasteiger partial charge in [-0.3, -0.25) is 0 Å². The van der Waals surface area contributed by atoms with Crippen LogP contribution in [0.5, 0.6) is 0 Å². The largest absolute Gasteiger partial charge is 0.328 e. The van der Waals surface area contributed by atoms with Crippen LogP contribution in [0.4, 0.5) is 0 Å². The highest BCUT2D eigenvalue weighted by atomic mass is 15.1. The molecular weight excluding hydrogens is 210 g/mol. The number of nitrogens with zero attached hydrogens (tertiary/aromatic N) is 2. The van der Waals surface area contributed by atoms with Gasteiger partial charge in [-0.25, -0.2) is 4.98 Å². The van der Waals surface area contributed by atoms with Gasteiger partial charge in [0.1, 0.15) is 0 Å². The Labute approximate surface area is 105 Å². The van der Waals surface area contributed by atoms with E-state index >= 15 is 0 Å². The van der Waals surface area contributed by atoms with Crippen LogP contribution in [0.15, 0.2) is 12.5 Å². The first kappa shape index (κ1) is 12.6. The highest BCUT2D eigenvalue weighted by Gasteiger charge is 2.27. The molecule has 0 amide bonds. The summed E-state index contributed by atoms with van der Waals surface area (Å²) in [5.74, 6) is 0. The third-order valence-electron chi connectivity index (χ3n) is 4.16. The predicted molar refractivity (Wildman–Crippen MR) is 71.0 cm³/mol. The molecule has 0 aromatic carbocycles. The molecule has 2 heterocycles. The standard InChI is InChI=1S/C14H25N3/c1-5-14(3,4)17-10-15-9-13(17)12-8-6-7-11(2)16-12/h9-12,16H,5-8H2,1-4H3. The highest BCUT2D eigenvalue weighted by molar-refractivity contribution is 5.10. The third-order valence-corrected chi connectivity index (χ3v) is 4.16. The van der Waals surface area contributed by atoms with Crippen LogP contribution in [-0.4, -0.2) is 15.6 Å². The first-order valence-corrected chi connectivity index (χ1v) is 6.83. The summed E-state index contributed by atoms with van der Waals surface area (Å²) in [4.78, 5) is 4.36. The molecule has 2 atom stereocenters. The van der Waals surface area contributed by atoms with Crippen molar-refractivity contribution >= 4 is 0 Å². The Bertz CT molecular complexity index is 367. The number of rotatable bonds is 3. The summed E-state index contributed by atoms with van der Waals surface area (Å²) in [6.45, 7) is 9.08. The van der Waals surface area contributed by atoms with Crippen molar-refractivity contribution in [1.82, 2.24) is 14.9 Å². The maximum Gasteiger partial charge on any atom is 0.0953 e. The fourth-order valence-corrected chi connectivity index (χ4v) is 2.61. The van der Waals surface area contributed by atoms with Gasteiger partial charge in [0, 0.05) is 23.8 Å². The minimum atomic E-state index is 0.161. The Hall–Kier alpha value is -0.830. The molecule has 1 aliphatic heterocycles. The Morgan fingerprint density at radius 2 is 2.24 bits per heavy atom. The summed E-state index contributed by atoms with van der Waals surface area (Å²) in [6, 6.07) is 1.11. The molecule has 17 heavy (non-hydrogen) atoms. The van der Waals surface area contributed by atoms with Crippen molar-refractivity contribution in [2.45, 2.75) is 71.0 Å². The van der Waals surface area contributed by atoms with Crippen molar-refractivity contribution in [3.05, 3.63) is 18.2 Å². The summed E-state index contributed by atoms with van der Waals surface area (Å²) in [5.41, 5.74) is 1.51. The summed E-state index contributed by atoms with van der Waals surface area (Å²) < 4.78 is 2.35. The fraction of sp³-hybridized carbons (Fsp3) is 0.786. The molecule has 2 rings (SSSR count). The Morgan fingerprint density at radius 1 is 1.47 bits per heavy atom. The second-order valence-corrected chi connectivity index (χ2v) is 5.91. The van der Waals surface area contributed by atoms with Gasteiger partial charge in [0.05, 0.1) is 12.0 Å². The smallest absolute Gasteiger partial charge is 0.0953 e. The van der Waals surface area contributed by atoms with Crippen LogP contribution in [0.1, 0.15) is 65.1 Å². The van der Waals surface area contributed by atoms with Crippen molar-refractivity contribution in [3.8, 4) is 0 Å². The van der Waals surface area contributed by atoms with Gasteiger partial charge < -0.3 is 9.88 Å². The molecule has 1 saturated heterocycles. The monoisotopic (exact) mass is 235 g/mol. The summed E-state index contributed by atoms with van der Waals surface area (Å²) in [6.07, 6.45) is 8.99. The third kappa shape index (κ3) is 2.54. The molecule has 96 valence electrons. The zero-order valence-electron chi connectivity index (χ0n) is 11.5. The van der Waals surface area contributed by atoms with Crippen LogP contribution in [-0.2, 0) is 5.54 Å². The van der Waals surface area contributed by atoms with Crippen molar-refractivity contribution in [1.29, 1.82) is 0 Å². The van der Waals surface area contributed by atoms with Gasteiger partial charge in [-0.2, -0.15) is 0 Å². The van der Waals surface area contributed by atoms with Crippen LogP contribution >= 0.6 is 0 Å². The minimum Gasteiger partial charge on any atom is -0.328 e. The lowest BCUT2D eigenvalue weighted by Gasteiger charge is -2.34. The number of hydrogen-bond donors (Lipinski definition) is 1. The van der Waals surface area contributed by atoms with Crippen LogP contribution in [0, 0.1) is 0 Å². The van der Waals surface area contributed by atoms with E-state index < -0.39 is 0 Å². The second-order valence-electron chi connectivity index (χ2n) is 5.91. The molecule has 1 fully saturated rings. The second kappa shape index (κ2) is 4.81. The van der Waals surface area contributed by atoms with E-state index in [9.17, 15) is 0 Å². The Balaban J connectivity index is 2.24. The zero-order chi connectivity index (χ0) is 12.5. The van der Waals surface area contributed by atoms with Gasteiger partial charge in [-0.1, -0.05) is 6.92 Å². The van der Waals surface area contributed by atoms with E-state index in [1.165, 1.54) is 25.0 Å². The lowest BCUT2D eigenvalue weighted by Crippen LogP contribution is -2.37. The number of imidazole rings is 1. The molecular formula is C14H25N3. The van der Waals surface area contributed by atoms with Crippen LogP contribution in [0.2, 0.25) is 0 Å². The van der Waals surface area contributed by atoms with Crippen LogP contribution < -0.4 is 5.32 Å². The van der Waals surface area contributed by atoms with Gasteiger partial charge in [0.25, 0.3) is 0 Å². The van der Waals surface area contributed by atoms with E-state index in [1.807, 2.05) is 12.5 Å². The molecule has 0 spiro atoms. The van der Waals surface area contributed by atoms with E-state index in [-0.39, 0.29) is 5.54 Å². The van der Waals surface area contributed by atoms with E-state index in [1.54, 1.807) is 0 Å². The van der Waals surface area contributed by atoms with E-state index in [2.05, 4.69) is 42.6 Å². The summed E-state index contributed by atoms with van der Waals surface area (Å²) >= 11 is 0. The van der Waals surface area contributed by atoms with E-state index in [0.717, 1.165) is 6.42 Å². The number of nitrogens with one attached hydrogen (secondary N) is 1. The topological polar surface area (TPSA) is 29.9 Å². The molecule has 1 aliphatic rings. The van der Waals surface area contributed by atoms with Crippen molar-refractivity contribution in [2.24, 2.45) is 0 Å². The maximum absolute atomic E-state index is 4.36. The molecule has 1 aromatic rings. The van der Waals surface area contributed by atoms with E-state index in [0.29, 0.717) is 12.1 Å².